The van der Waals surface area contributed by atoms with E-state index in [1.807, 2.05) is 6.07 Å². The summed E-state index contributed by atoms with van der Waals surface area (Å²) in [6.45, 7) is 1.26. The summed E-state index contributed by atoms with van der Waals surface area (Å²) in [5.74, 6) is -0.494. The summed E-state index contributed by atoms with van der Waals surface area (Å²) in [5.41, 5.74) is 0.577. The second kappa shape index (κ2) is 3.88. The summed E-state index contributed by atoms with van der Waals surface area (Å²) in [4.78, 5) is 10.4. The number of benzene rings is 1. The Morgan fingerprint density at radius 1 is 1.42 bits per heavy atom. The summed E-state index contributed by atoms with van der Waals surface area (Å²) < 4.78 is 4.55. The highest BCUT2D eigenvalue weighted by Gasteiger charge is 2.08. The van der Waals surface area contributed by atoms with E-state index in [4.69, 9.17) is 0 Å². The number of esters is 1. The number of ether oxygens (including phenoxy) is 1. The van der Waals surface area contributed by atoms with Crippen LogP contribution in [0, 0.1) is 0 Å². The van der Waals surface area contributed by atoms with E-state index < -0.39 is 12.3 Å². The average molecular weight is 166 g/mol. The van der Waals surface area contributed by atoms with Crippen LogP contribution in [0.5, 0.6) is 0 Å². The van der Waals surface area contributed by atoms with Gasteiger partial charge in [0, 0.05) is 12.5 Å². The molecule has 0 heterocycles. The molecule has 0 saturated heterocycles. The van der Waals surface area contributed by atoms with Crippen LogP contribution in [-0.2, 0) is 9.53 Å². The van der Waals surface area contributed by atoms with Gasteiger partial charge in [0.2, 0.25) is 6.29 Å². The molecule has 0 aromatic heterocycles. The van der Waals surface area contributed by atoms with Crippen molar-refractivity contribution < 1.29 is 14.6 Å². The lowest BCUT2D eigenvalue weighted by Gasteiger charge is -2.09. The topological polar surface area (TPSA) is 46.5 Å². The lowest BCUT2D eigenvalue weighted by atomic mass is 10.2. The summed E-state index contributed by atoms with van der Waals surface area (Å²) >= 11 is 0. The number of carbonyl (C=O) groups is 1. The monoisotopic (exact) mass is 166 g/mol. The van der Waals surface area contributed by atoms with Crippen molar-refractivity contribution in [1.82, 2.24) is 0 Å². The number of hydrogen-bond donors (Lipinski definition) is 1. The molecule has 0 aliphatic rings. The van der Waals surface area contributed by atoms with Gasteiger partial charge in [-0.15, -0.1) is 0 Å². The van der Waals surface area contributed by atoms with E-state index in [0.717, 1.165) is 0 Å². The molecule has 1 aromatic carbocycles. The predicted molar refractivity (Wildman–Crippen MR) is 43.2 cm³/mol. The molecule has 3 heteroatoms. The maximum atomic E-state index is 10.4. The number of aliphatic hydroxyl groups excluding tert-OH is 1. The molecule has 0 saturated carbocycles. The van der Waals surface area contributed by atoms with Gasteiger partial charge in [-0.1, -0.05) is 30.3 Å². The minimum atomic E-state index is -1.15. The van der Waals surface area contributed by atoms with Gasteiger partial charge in [-0.3, -0.25) is 4.79 Å². The highest BCUT2D eigenvalue weighted by molar-refractivity contribution is 5.66. The molecule has 1 N–H and O–H groups in total. The molecule has 0 radical (unpaired) electrons. The molecule has 0 aliphatic carbocycles. The van der Waals surface area contributed by atoms with Crippen molar-refractivity contribution in [3.8, 4) is 0 Å². The third kappa shape index (κ3) is 2.36. The van der Waals surface area contributed by atoms with Gasteiger partial charge in [-0.05, 0) is 0 Å². The smallest absolute Gasteiger partial charge is 0.305 e. The summed E-state index contributed by atoms with van der Waals surface area (Å²) in [5, 5.41) is 9.25. The first-order chi connectivity index (χ1) is 5.70. The van der Waals surface area contributed by atoms with Crippen molar-refractivity contribution in [2.45, 2.75) is 13.2 Å². The Bertz CT molecular complexity index is 256. The van der Waals surface area contributed by atoms with E-state index >= 15 is 0 Å². The fourth-order valence-corrected chi connectivity index (χ4v) is 0.843. The van der Waals surface area contributed by atoms with Crippen LogP contribution in [0.3, 0.4) is 0 Å². The van der Waals surface area contributed by atoms with Gasteiger partial charge < -0.3 is 9.84 Å². The van der Waals surface area contributed by atoms with Gasteiger partial charge >= 0.3 is 5.97 Å². The number of aliphatic hydroxyl groups is 1. The first kappa shape index (κ1) is 8.74. The molecule has 64 valence electrons. The first-order valence-electron chi connectivity index (χ1n) is 3.60. The van der Waals surface area contributed by atoms with Crippen LogP contribution >= 0.6 is 0 Å². The largest absolute Gasteiger partial charge is 0.432 e. The molecular formula is C9H10O3. The molecule has 0 aliphatic heterocycles. The van der Waals surface area contributed by atoms with Crippen molar-refractivity contribution in [3.05, 3.63) is 35.9 Å². The summed E-state index contributed by atoms with van der Waals surface area (Å²) in [6.07, 6.45) is -1.15. The third-order valence-electron chi connectivity index (χ3n) is 1.36. The summed E-state index contributed by atoms with van der Waals surface area (Å²) in [6, 6.07) is 8.73. The Morgan fingerprint density at radius 2 is 2.00 bits per heavy atom. The van der Waals surface area contributed by atoms with Gasteiger partial charge in [-0.2, -0.15) is 0 Å². The van der Waals surface area contributed by atoms with Gasteiger partial charge in [-0.25, -0.2) is 0 Å². The maximum absolute atomic E-state index is 10.4. The van der Waals surface area contributed by atoms with Gasteiger partial charge in [0.15, 0.2) is 0 Å². The lowest BCUT2D eigenvalue weighted by Crippen LogP contribution is -2.06. The van der Waals surface area contributed by atoms with Gasteiger partial charge in [0.1, 0.15) is 0 Å². The molecule has 0 unspecified atom stereocenters. The highest BCUT2D eigenvalue weighted by atomic mass is 16.6. The van der Waals surface area contributed by atoms with Gasteiger partial charge in [0.05, 0.1) is 0 Å². The fraction of sp³-hybridized carbons (Fsp3) is 0.222. The van der Waals surface area contributed by atoms with E-state index in [1.54, 1.807) is 24.3 Å². The Morgan fingerprint density at radius 3 is 2.50 bits per heavy atom. The van der Waals surface area contributed by atoms with Crippen molar-refractivity contribution in [2.24, 2.45) is 0 Å². The molecular weight excluding hydrogens is 156 g/mol. The minimum Gasteiger partial charge on any atom is -0.432 e. The van der Waals surface area contributed by atoms with E-state index in [2.05, 4.69) is 4.74 Å². The quantitative estimate of drug-likeness (QED) is 0.531. The molecule has 12 heavy (non-hydrogen) atoms. The molecule has 0 amide bonds. The molecule has 0 fully saturated rings. The number of carbonyl (C=O) groups excluding carboxylic acids is 1. The van der Waals surface area contributed by atoms with Crippen LogP contribution in [0.25, 0.3) is 0 Å². The summed E-state index contributed by atoms with van der Waals surface area (Å²) in [7, 11) is 0. The standard InChI is InChI=1S/C9H10O3/c1-7(10)12-9(11)8-5-3-2-4-6-8/h2-6,9,11H,1H3/t9-/m1/s1. The van der Waals surface area contributed by atoms with E-state index in [9.17, 15) is 9.90 Å². The van der Waals surface area contributed by atoms with Crippen LogP contribution in [0.4, 0.5) is 0 Å². The second-order valence-corrected chi connectivity index (χ2v) is 2.37. The minimum absolute atomic E-state index is 0.494. The Kier molecular flexibility index (Phi) is 2.82. The Balaban J connectivity index is 2.65. The molecule has 0 bridgehead atoms. The predicted octanol–water partition coefficient (Wildman–Crippen LogP) is 1.24. The van der Waals surface area contributed by atoms with Crippen LogP contribution in [-0.4, -0.2) is 11.1 Å². The van der Waals surface area contributed by atoms with E-state index in [1.165, 1.54) is 6.92 Å². The van der Waals surface area contributed by atoms with E-state index in [-0.39, 0.29) is 0 Å². The zero-order valence-electron chi connectivity index (χ0n) is 6.73. The molecule has 1 aromatic rings. The van der Waals surface area contributed by atoms with Crippen molar-refractivity contribution in [1.29, 1.82) is 0 Å². The van der Waals surface area contributed by atoms with E-state index in [0.29, 0.717) is 5.56 Å². The number of rotatable bonds is 2. The fourth-order valence-electron chi connectivity index (χ4n) is 0.843. The van der Waals surface area contributed by atoms with Gasteiger partial charge in [0.25, 0.3) is 0 Å². The third-order valence-corrected chi connectivity index (χ3v) is 1.36. The SMILES string of the molecule is CC(=O)O[C@@H](O)c1ccccc1. The zero-order valence-corrected chi connectivity index (χ0v) is 6.73. The maximum Gasteiger partial charge on any atom is 0.305 e. The normalized spacial score (nSPS) is 12.2. The highest BCUT2D eigenvalue weighted by Crippen LogP contribution is 2.12. The lowest BCUT2D eigenvalue weighted by molar-refractivity contribution is -0.166. The molecule has 3 nitrogen and oxygen atoms in total. The molecule has 1 atom stereocenters. The van der Waals surface area contributed by atoms with Crippen LogP contribution in [0.15, 0.2) is 30.3 Å². The van der Waals surface area contributed by atoms with Crippen molar-refractivity contribution in [2.75, 3.05) is 0 Å². The zero-order chi connectivity index (χ0) is 8.97. The molecule has 0 spiro atoms. The molecule has 1 rings (SSSR count). The number of hydrogen-bond acceptors (Lipinski definition) is 3. The van der Waals surface area contributed by atoms with Crippen LogP contribution in [0.1, 0.15) is 18.8 Å². The Labute approximate surface area is 70.6 Å². The van der Waals surface area contributed by atoms with Crippen molar-refractivity contribution in [3.63, 3.8) is 0 Å². The van der Waals surface area contributed by atoms with Crippen molar-refractivity contribution >= 4 is 5.97 Å². The van der Waals surface area contributed by atoms with Crippen LogP contribution in [0.2, 0.25) is 0 Å². The van der Waals surface area contributed by atoms with Crippen LogP contribution < -0.4 is 0 Å². The Hall–Kier alpha value is -1.35. The average Bonchev–Trinajstić information content (AvgIpc) is 2.05. The first-order valence-corrected chi connectivity index (χ1v) is 3.60. The second-order valence-electron chi connectivity index (χ2n) is 2.37.